The number of hydrogen-bond acceptors (Lipinski definition) is 21. The molecule has 0 saturated carbocycles. The Balaban J connectivity index is 1.29. The van der Waals surface area contributed by atoms with E-state index in [1.54, 1.807) is 27.2 Å². The van der Waals surface area contributed by atoms with Crippen LogP contribution in [0.4, 0.5) is 0 Å². The molecule has 0 aliphatic carbocycles. The molecule has 6 aliphatic heterocycles. The number of ketones is 1. The lowest BCUT2D eigenvalue weighted by Gasteiger charge is -2.56. The molecule has 22 nitrogen and oxygen atoms in total. The average Bonchev–Trinajstić information content (AvgIpc) is 0.523. The zero-order chi connectivity index (χ0) is 91.4. The van der Waals surface area contributed by atoms with Crippen molar-refractivity contribution in [3.63, 3.8) is 0 Å². The maximum Gasteiger partial charge on any atom is 0.305 e. The number of rotatable bonds is 43. The Morgan fingerprint density at radius 1 is 0.612 bits per heavy atom. The van der Waals surface area contributed by atoms with Crippen molar-refractivity contribution in [1.29, 1.82) is 0 Å². The number of aliphatic carboxylic acids is 1. The number of hydrogen-bond donors (Lipinski definition) is 3. The Labute approximate surface area is 736 Å². The van der Waals surface area contributed by atoms with Crippen LogP contribution in [-0.2, 0) is 88.7 Å². The molecular weight excluding hydrogens is 1620 g/mol. The summed E-state index contributed by atoms with van der Waals surface area (Å²) in [5, 5.41) is 34.3. The van der Waals surface area contributed by atoms with Crippen molar-refractivity contribution in [3.05, 3.63) is 61.3 Å². The van der Waals surface area contributed by atoms with Crippen LogP contribution >= 0.6 is 0 Å². The van der Waals surface area contributed by atoms with Gasteiger partial charge in [0, 0.05) is 110 Å². The van der Waals surface area contributed by atoms with E-state index in [-0.39, 0.29) is 102 Å². The SMILES string of the molecule is C=C/C=C/[C@H](CC(=C)C[C@H]1O[C@@H]([C@H](O[Si](CC)(CC)CC)[C@@]2(OC)C[C@H](O[Si](C)(C)C(C)(C)C)[C@@H](C)[C@@H](CCC/C=C/[C@H]3C[C@H](O[Si](C)(C)C(C)(C)C)C[C@@]4(C[C@@H](OC)C[C@@H](CC(=O)[C@@H](C)[C@@H](OC(C)=O)[C@H](C)C(=C)C[C@H]5C[C@](C)(O[Si](CC)(CC)CC)C[C@@]6(C[C@@H](OC(C)=O)C[C@H](CC(=O)O)O6)O5)O4)O3)O2)[C@H](C)[C@@H](O)[C@@H]1O)O[Si](C)(C)C(C)(C)C. The molecule has 0 amide bonds. The van der Waals surface area contributed by atoms with Crippen LogP contribution in [0.3, 0.4) is 0 Å². The number of esters is 2. The first-order valence-corrected chi connectivity index (χ1v) is 60.0. The predicted molar refractivity (Wildman–Crippen MR) is 492 cm³/mol. The fourth-order valence-corrected chi connectivity index (χ4v) is 29.0. The largest absolute Gasteiger partial charge is 0.481 e. The summed E-state index contributed by atoms with van der Waals surface area (Å²) in [5.41, 5.74) is 0.720. The van der Waals surface area contributed by atoms with E-state index >= 15 is 4.79 Å². The van der Waals surface area contributed by atoms with Gasteiger partial charge < -0.3 is 84.8 Å². The zero-order valence-corrected chi connectivity index (χ0v) is 85.9. The number of carboxylic acids is 1. The van der Waals surface area contributed by atoms with Gasteiger partial charge in [0.15, 0.2) is 58.9 Å². The van der Waals surface area contributed by atoms with Gasteiger partial charge in [-0.2, -0.15) is 0 Å². The van der Waals surface area contributed by atoms with E-state index in [0.29, 0.717) is 63.4 Å². The number of unbranched alkanes of at least 4 members (excludes halogenated alkanes) is 1. The zero-order valence-electron chi connectivity index (χ0n) is 80.9. The van der Waals surface area contributed by atoms with Crippen molar-refractivity contribution in [1.82, 2.24) is 0 Å². The molecule has 27 heteroatoms. The van der Waals surface area contributed by atoms with E-state index in [2.05, 4.69) is 189 Å². The van der Waals surface area contributed by atoms with Gasteiger partial charge in [-0.05, 0) is 136 Å². The van der Waals surface area contributed by atoms with Crippen molar-refractivity contribution in [2.75, 3.05) is 14.2 Å². The maximum absolute atomic E-state index is 15.2. The van der Waals surface area contributed by atoms with E-state index in [4.69, 9.17) is 69.5 Å². The lowest BCUT2D eigenvalue weighted by atomic mass is 9.78. The van der Waals surface area contributed by atoms with Crippen molar-refractivity contribution < 1.29 is 104 Å². The fraction of sp³-hybridized carbons (Fsp3) is 0.851. The third kappa shape index (κ3) is 28.1. The first-order chi connectivity index (χ1) is 55.9. The Bertz CT molecular complexity index is 3390. The molecule has 6 saturated heterocycles. The highest BCUT2D eigenvalue weighted by Gasteiger charge is 2.62. The molecule has 6 fully saturated rings. The van der Waals surface area contributed by atoms with Gasteiger partial charge in [0.2, 0.25) is 0 Å². The monoisotopic (exact) mass is 1790 g/mol. The highest BCUT2D eigenvalue weighted by Crippen LogP contribution is 2.53. The number of allylic oxidation sites excluding steroid dienone is 3. The van der Waals surface area contributed by atoms with Gasteiger partial charge in [0.05, 0.1) is 91.2 Å². The smallest absolute Gasteiger partial charge is 0.305 e. The number of Topliss-reactive ketones (excluding diaryl/α,β-unsaturated/α-hetero) is 1. The maximum atomic E-state index is 15.2. The molecule has 0 aromatic heterocycles. The minimum Gasteiger partial charge on any atom is -0.481 e. The molecule has 121 heavy (non-hydrogen) atoms. The summed E-state index contributed by atoms with van der Waals surface area (Å²) in [7, 11) is -8.57. The molecule has 6 heterocycles. The lowest BCUT2D eigenvalue weighted by molar-refractivity contribution is -0.354. The summed E-state index contributed by atoms with van der Waals surface area (Å²) in [6.07, 6.45) is 5.64. The first-order valence-electron chi connectivity index (χ1n) is 46.2. The summed E-state index contributed by atoms with van der Waals surface area (Å²) in [5.74, 6) is -8.25. The second kappa shape index (κ2) is 43.8. The van der Waals surface area contributed by atoms with Gasteiger partial charge in [-0.25, -0.2) is 0 Å². The second-order valence-electron chi connectivity index (χ2n) is 42.0. The van der Waals surface area contributed by atoms with E-state index < -0.39 is 167 Å². The molecular formula is C94H170O22Si5. The number of methoxy groups -OCH3 is 2. The minimum absolute atomic E-state index is 0.0189. The number of carbonyl (C=O) groups is 4. The second-order valence-corrected chi connectivity index (χ2v) is 65.7. The number of aliphatic hydroxyl groups excluding tert-OH is 2. The van der Waals surface area contributed by atoms with Crippen LogP contribution in [0, 0.1) is 23.7 Å². The number of carbonyl (C=O) groups excluding carboxylic acids is 3. The Morgan fingerprint density at radius 2 is 1.17 bits per heavy atom. The molecule has 0 radical (unpaired) electrons. The predicted octanol–water partition coefficient (Wildman–Crippen LogP) is 20.7. The van der Waals surface area contributed by atoms with E-state index in [9.17, 15) is 29.7 Å². The van der Waals surface area contributed by atoms with E-state index in [1.807, 2.05) is 26.0 Å². The summed E-state index contributed by atoms with van der Waals surface area (Å²) < 4.78 is 106. The van der Waals surface area contributed by atoms with Gasteiger partial charge in [-0.1, -0.05) is 193 Å². The molecule has 0 aromatic rings. The van der Waals surface area contributed by atoms with Crippen LogP contribution in [-0.4, -0.2) is 215 Å². The van der Waals surface area contributed by atoms with Crippen molar-refractivity contribution >= 4 is 65.3 Å². The molecule has 0 bridgehead atoms. The lowest BCUT2D eigenvalue weighted by Crippen LogP contribution is -2.69. The molecule has 6 rings (SSSR count). The quantitative estimate of drug-likeness (QED) is 0.0168. The highest BCUT2D eigenvalue weighted by atomic mass is 28.4. The Kier molecular flexibility index (Phi) is 38.7. The summed E-state index contributed by atoms with van der Waals surface area (Å²) in [6.45, 7) is 72.8. The third-order valence-electron chi connectivity index (χ3n) is 29.7. The van der Waals surface area contributed by atoms with Crippen LogP contribution in [0.25, 0.3) is 0 Å². The standard InChI is InChI=1S/C94H170O22Si5/c1-34-41-45-71(112-117(28,29)88(16,17)18)48-62(8)49-80-84(101)83(100)67(13)86(106-80)87(115-120(35-2,36-3)37-4)94(103-27)60-81(114-119(32,33)90(22,23)24)66(12)79(111-94)47-44-42-43-46-70-51-77(113-118(30,31)89(19,20)21)59-92(107-70)57-74(102-26)52-72(108-92)54-78(97)65(11)85(105-69(15)96)64(10)63(9)50-76-56-91(25,116-121(38-5,39-6)40-7)61-93(110-76)58-75(104-68(14)95)53-73(109-93)55-82(98)99/h34,41,43,45-46,64-67,70-77,79-81,83-87,100-101H,1,8-9,35-40,42,44,47-61H2,2-7,10-33H3,(H,98,99)/b45-41+,46-43+/t64-,65-,66+,67-,70+,71-,72+,73-,74+,75+,76+,77+,79-,80-,81+,83-,84-,85+,86-,87+,91+,92+,93-,94-/m1/s1. The summed E-state index contributed by atoms with van der Waals surface area (Å²) in [4.78, 5) is 53.3. The molecule has 24 atom stereocenters. The van der Waals surface area contributed by atoms with E-state index in [0.717, 1.165) is 48.3 Å². The number of aliphatic hydroxyl groups is 2. The van der Waals surface area contributed by atoms with Crippen LogP contribution in [0.15, 0.2) is 61.3 Å². The van der Waals surface area contributed by atoms with Crippen LogP contribution in [0.1, 0.15) is 261 Å². The van der Waals surface area contributed by atoms with Gasteiger partial charge in [-0.15, -0.1) is 0 Å². The molecule has 698 valence electrons. The van der Waals surface area contributed by atoms with Crippen LogP contribution in [0.2, 0.25) is 90.7 Å². The average molecular weight is 1790 g/mol. The highest BCUT2D eigenvalue weighted by molar-refractivity contribution is 6.75. The summed E-state index contributed by atoms with van der Waals surface area (Å²) >= 11 is 0. The Morgan fingerprint density at radius 3 is 1.71 bits per heavy atom. The van der Waals surface area contributed by atoms with Gasteiger partial charge in [0.1, 0.15) is 30.2 Å². The van der Waals surface area contributed by atoms with Gasteiger partial charge in [0.25, 0.3) is 0 Å². The van der Waals surface area contributed by atoms with Crippen LogP contribution < -0.4 is 0 Å². The van der Waals surface area contributed by atoms with Crippen LogP contribution in [0.5, 0.6) is 0 Å². The van der Waals surface area contributed by atoms with Gasteiger partial charge >= 0.3 is 17.9 Å². The number of ether oxygens (including phenoxy) is 10. The molecule has 0 unspecified atom stereocenters. The molecule has 3 N–H and O–H groups in total. The topological polar surface area (TPSA) is 267 Å². The molecule has 6 aliphatic rings. The molecule has 0 aromatic carbocycles. The first kappa shape index (κ1) is 107. The third-order valence-corrected chi connectivity index (χ3v) is 52.7. The summed E-state index contributed by atoms with van der Waals surface area (Å²) in [6, 6.07) is 5.16. The van der Waals surface area contributed by atoms with Crippen molar-refractivity contribution in [2.24, 2.45) is 23.7 Å². The minimum atomic E-state index is -2.57. The normalized spacial score (nSPS) is 32.7. The number of carboxylic acid groups (broad SMARTS) is 1. The Hall–Kier alpha value is -2.74. The fourth-order valence-electron chi connectivity index (χ4n) is 18.9. The van der Waals surface area contributed by atoms with Gasteiger partial charge in [-0.3, -0.25) is 19.2 Å². The van der Waals surface area contributed by atoms with E-state index in [1.165, 1.54) is 13.8 Å². The van der Waals surface area contributed by atoms with Crippen molar-refractivity contribution in [3.8, 4) is 0 Å². The van der Waals surface area contributed by atoms with Crippen molar-refractivity contribution in [2.45, 2.75) is 473 Å². The molecule has 2 spiro atoms.